The van der Waals surface area contributed by atoms with Crippen LogP contribution in [0, 0.1) is 0 Å². The van der Waals surface area contributed by atoms with Gasteiger partial charge in [-0.1, -0.05) is 42.8 Å². The minimum Gasteiger partial charge on any atom is -0.244 e. The molecule has 4 nitrogen and oxygen atoms in total. The zero-order valence-corrected chi connectivity index (χ0v) is 13.4. The van der Waals surface area contributed by atoms with Gasteiger partial charge in [-0.15, -0.1) is 0 Å². The van der Waals surface area contributed by atoms with Gasteiger partial charge < -0.3 is 0 Å². The van der Waals surface area contributed by atoms with Crippen molar-refractivity contribution in [2.24, 2.45) is 0 Å². The number of hydrogen-bond donors (Lipinski definition) is 1. The third-order valence-electron chi connectivity index (χ3n) is 3.23. The molecule has 1 N–H and O–H groups in total. The van der Waals surface area contributed by atoms with E-state index in [2.05, 4.69) is 16.6 Å². The van der Waals surface area contributed by atoms with E-state index in [4.69, 9.17) is 11.6 Å². The van der Waals surface area contributed by atoms with Crippen LogP contribution in [-0.4, -0.2) is 13.4 Å². The number of nitrogens with zero attached hydrogens (tertiary/aromatic N) is 1. The number of aromatic nitrogens is 1. The van der Waals surface area contributed by atoms with Crippen LogP contribution in [0.15, 0.2) is 47.5 Å². The van der Waals surface area contributed by atoms with Crippen molar-refractivity contribution in [3.8, 4) is 0 Å². The van der Waals surface area contributed by atoms with Crippen LogP contribution >= 0.6 is 11.6 Å². The Kier molecular flexibility index (Phi) is 4.98. The lowest BCUT2D eigenvalue weighted by Crippen LogP contribution is -2.26. The molecule has 0 spiro atoms. The van der Waals surface area contributed by atoms with Gasteiger partial charge in [0, 0.05) is 12.2 Å². The molecule has 0 amide bonds. The van der Waals surface area contributed by atoms with E-state index in [1.165, 1.54) is 23.9 Å². The summed E-state index contributed by atoms with van der Waals surface area (Å²) in [4.78, 5) is 3.89. The molecule has 0 aliphatic carbocycles. The molecule has 1 aromatic carbocycles. The third kappa shape index (κ3) is 4.03. The minimum atomic E-state index is -3.62. The quantitative estimate of drug-likeness (QED) is 0.858. The van der Waals surface area contributed by atoms with Gasteiger partial charge >= 0.3 is 0 Å². The van der Waals surface area contributed by atoms with Crippen molar-refractivity contribution in [2.45, 2.75) is 31.2 Å². The van der Waals surface area contributed by atoms with Crippen LogP contribution in [0.2, 0.25) is 5.15 Å². The molecule has 0 bridgehead atoms. The van der Waals surface area contributed by atoms with Gasteiger partial charge in [0.25, 0.3) is 0 Å². The molecule has 1 atom stereocenters. The average Bonchev–Trinajstić information content (AvgIpc) is 2.47. The van der Waals surface area contributed by atoms with Crippen molar-refractivity contribution >= 4 is 21.6 Å². The van der Waals surface area contributed by atoms with Gasteiger partial charge in [0.1, 0.15) is 5.15 Å². The first-order chi connectivity index (χ1) is 9.92. The summed E-state index contributed by atoms with van der Waals surface area (Å²) >= 11 is 5.73. The fraction of sp³-hybridized carbons (Fsp3) is 0.267. The molecule has 0 fully saturated rings. The number of pyridine rings is 1. The normalized spacial score (nSPS) is 13.1. The van der Waals surface area contributed by atoms with Crippen LogP contribution in [0.3, 0.4) is 0 Å². The van der Waals surface area contributed by atoms with E-state index >= 15 is 0 Å². The first-order valence-corrected chi connectivity index (χ1v) is 8.51. The second-order valence-corrected chi connectivity index (χ2v) is 6.85. The Morgan fingerprint density at radius 1 is 1.24 bits per heavy atom. The van der Waals surface area contributed by atoms with Crippen molar-refractivity contribution in [3.63, 3.8) is 0 Å². The van der Waals surface area contributed by atoms with Gasteiger partial charge in [-0.05, 0) is 36.6 Å². The first-order valence-electron chi connectivity index (χ1n) is 6.65. The van der Waals surface area contributed by atoms with E-state index < -0.39 is 10.0 Å². The highest BCUT2D eigenvalue weighted by Crippen LogP contribution is 2.19. The number of benzene rings is 1. The van der Waals surface area contributed by atoms with Crippen molar-refractivity contribution < 1.29 is 8.42 Å². The van der Waals surface area contributed by atoms with Crippen LogP contribution in [-0.2, 0) is 16.4 Å². The molecule has 0 saturated carbocycles. The predicted octanol–water partition coefficient (Wildman–Crippen LogP) is 3.34. The van der Waals surface area contributed by atoms with E-state index in [1.54, 1.807) is 6.92 Å². The molecular formula is C15H17ClN2O2S. The Balaban J connectivity index is 2.19. The molecule has 0 aliphatic rings. The monoisotopic (exact) mass is 324 g/mol. The lowest BCUT2D eigenvalue weighted by Gasteiger charge is -2.15. The summed E-state index contributed by atoms with van der Waals surface area (Å²) in [7, 11) is -3.62. The molecule has 0 radical (unpaired) electrons. The predicted molar refractivity (Wildman–Crippen MR) is 83.8 cm³/mol. The van der Waals surface area contributed by atoms with Crippen LogP contribution in [0.1, 0.15) is 31.0 Å². The van der Waals surface area contributed by atoms with Crippen molar-refractivity contribution in [1.82, 2.24) is 9.71 Å². The largest absolute Gasteiger partial charge is 0.244 e. The second-order valence-electron chi connectivity index (χ2n) is 4.75. The van der Waals surface area contributed by atoms with Crippen LogP contribution in [0.4, 0.5) is 0 Å². The van der Waals surface area contributed by atoms with Crippen LogP contribution < -0.4 is 4.72 Å². The molecule has 21 heavy (non-hydrogen) atoms. The smallest absolute Gasteiger partial charge is 0.241 e. The summed E-state index contributed by atoms with van der Waals surface area (Å²) in [6.45, 7) is 3.88. The van der Waals surface area contributed by atoms with E-state index in [0.29, 0.717) is 0 Å². The van der Waals surface area contributed by atoms with Crippen molar-refractivity contribution in [2.75, 3.05) is 0 Å². The lowest BCUT2D eigenvalue weighted by molar-refractivity contribution is 0.567. The molecule has 1 unspecified atom stereocenters. The molecule has 112 valence electrons. The lowest BCUT2D eigenvalue weighted by atomic mass is 10.1. The SMILES string of the molecule is CCc1ccc(C(C)NS(=O)(=O)c2ccnc(Cl)c2)cc1. The highest BCUT2D eigenvalue weighted by atomic mass is 35.5. The molecule has 1 aromatic heterocycles. The maximum Gasteiger partial charge on any atom is 0.241 e. The summed E-state index contributed by atoms with van der Waals surface area (Å²) in [6.07, 6.45) is 2.33. The van der Waals surface area contributed by atoms with Gasteiger partial charge in [-0.25, -0.2) is 18.1 Å². The third-order valence-corrected chi connectivity index (χ3v) is 4.97. The van der Waals surface area contributed by atoms with Crippen LogP contribution in [0.5, 0.6) is 0 Å². The summed E-state index contributed by atoms with van der Waals surface area (Å²) in [6, 6.07) is 10.3. The molecular weight excluding hydrogens is 308 g/mol. The highest BCUT2D eigenvalue weighted by Gasteiger charge is 2.18. The zero-order chi connectivity index (χ0) is 15.5. The van der Waals surface area contributed by atoms with Gasteiger partial charge in [0.05, 0.1) is 4.90 Å². The van der Waals surface area contributed by atoms with Gasteiger partial charge in [0.2, 0.25) is 10.0 Å². The van der Waals surface area contributed by atoms with E-state index in [1.807, 2.05) is 24.3 Å². The van der Waals surface area contributed by atoms with E-state index in [9.17, 15) is 8.42 Å². The molecule has 0 aliphatic heterocycles. The Hall–Kier alpha value is -1.43. The number of hydrogen-bond acceptors (Lipinski definition) is 3. The number of halogens is 1. The zero-order valence-electron chi connectivity index (χ0n) is 11.9. The van der Waals surface area contributed by atoms with Crippen LogP contribution in [0.25, 0.3) is 0 Å². The maximum atomic E-state index is 12.3. The van der Waals surface area contributed by atoms with Crippen molar-refractivity contribution in [3.05, 3.63) is 58.9 Å². The number of nitrogens with one attached hydrogen (secondary N) is 1. The Morgan fingerprint density at radius 3 is 2.48 bits per heavy atom. The number of rotatable bonds is 5. The molecule has 2 rings (SSSR count). The fourth-order valence-electron chi connectivity index (χ4n) is 1.96. The molecule has 0 saturated heterocycles. The van der Waals surface area contributed by atoms with Gasteiger partial charge in [-0.2, -0.15) is 0 Å². The minimum absolute atomic E-state index is 0.111. The molecule has 6 heteroatoms. The molecule has 2 aromatic rings. The summed E-state index contributed by atoms with van der Waals surface area (Å²) < 4.78 is 27.2. The topological polar surface area (TPSA) is 59.1 Å². The summed E-state index contributed by atoms with van der Waals surface area (Å²) in [5.74, 6) is 0. The summed E-state index contributed by atoms with van der Waals surface area (Å²) in [5.41, 5.74) is 2.13. The Morgan fingerprint density at radius 2 is 1.90 bits per heavy atom. The van der Waals surface area contributed by atoms with Gasteiger partial charge in [-0.3, -0.25) is 0 Å². The highest BCUT2D eigenvalue weighted by molar-refractivity contribution is 7.89. The maximum absolute atomic E-state index is 12.3. The number of sulfonamides is 1. The Labute approximate surface area is 130 Å². The molecule has 1 heterocycles. The standard InChI is InChI=1S/C15H17ClN2O2S/c1-3-12-4-6-13(7-5-12)11(2)18-21(19,20)14-8-9-17-15(16)10-14/h4-11,18H,3H2,1-2H3. The second kappa shape index (κ2) is 6.56. The average molecular weight is 325 g/mol. The van der Waals surface area contributed by atoms with E-state index in [0.717, 1.165) is 12.0 Å². The van der Waals surface area contributed by atoms with Gasteiger partial charge in [0.15, 0.2) is 0 Å². The first kappa shape index (κ1) is 15.9. The van der Waals surface area contributed by atoms with E-state index in [-0.39, 0.29) is 16.1 Å². The Bertz CT molecular complexity index is 715. The van der Waals surface area contributed by atoms with Crippen molar-refractivity contribution in [1.29, 1.82) is 0 Å². The fourth-order valence-corrected chi connectivity index (χ4v) is 3.45. The number of aryl methyl sites for hydroxylation is 1. The summed E-state index contributed by atoms with van der Waals surface area (Å²) in [5, 5.41) is 0.151.